The molecule has 1 fully saturated rings. The summed E-state index contributed by atoms with van der Waals surface area (Å²) >= 11 is 0. The first-order valence-electron chi connectivity index (χ1n) is 6.71. The fourth-order valence-electron chi connectivity index (χ4n) is 3.00. The quantitative estimate of drug-likeness (QED) is 0.855. The third-order valence-corrected chi connectivity index (χ3v) is 4.16. The summed E-state index contributed by atoms with van der Waals surface area (Å²) in [6.45, 7) is 0.446. The Morgan fingerprint density at radius 1 is 1.37 bits per heavy atom. The summed E-state index contributed by atoms with van der Waals surface area (Å²) < 4.78 is 18.9. The number of halogens is 1. The molecule has 1 aromatic rings. The molecule has 0 amide bonds. The maximum absolute atomic E-state index is 14.3. The van der Waals surface area contributed by atoms with Gasteiger partial charge in [-0.3, -0.25) is 0 Å². The molecule has 0 saturated heterocycles. The largest absolute Gasteiger partial charge is 0.465 e. The maximum atomic E-state index is 14.3. The average molecular weight is 265 g/mol. The Morgan fingerprint density at radius 3 is 2.58 bits per heavy atom. The van der Waals surface area contributed by atoms with Crippen LogP contribution >= 0.6 is 0 Å². The second-order valence-corrected chi connectivity index (χ2v) is 5.23. The molecule has 3 nitrogen and oxygen atoms in total. The highest BCUT2D eigenvalue weighted by Crippen LogP contribution is 2.39. The average Bonchev–Trinajstić information content (AvgIpc) is 2.47. The number of hydrogen-bond donors (Lipinski definition) is 1. The molecular formula is C15H20FNO2. The van der Waals surface area contributed by atoms with Crippen molar-refractivity contribution in [2.24, 2.45) is 5.73 Å². The molecular weight excluding hydrogens is 245 g/mol. The Labute approximate surface area is 112 Å². The predicted molar refractivity (Wildman–Crippen MR) is 71.6 cm³/mol. The molecule has 0 heterocycles. The molecule has 1 aromatic carbocycles. The molecule has 0 atom stereocenters. The first-order chi connectivity index (χ1) is 9.13. The third kappa shape index (κ3) is 2.63. The topological polar surface area (TPSA) is 52.3 Å². The maximum Gasteiger partial charge on any atom is 0.337 e. The van der Waals surface area contributed by atoms with Gasteiger partial charge >= 0.3 is 5.97 Å². The highest BCUT2D eigenvalue weighted by atomic mass is 19.1. The van der Waals surface area contributed by atoms with Crippen molar-refractivity contribution in [3.05, 3.63) is 35.1 Å². The van der Waals surface area contributed by atoms with Crippen molar-refractivity contribution in [3.63, 3.8) is 0 Å². The minimum absolute atomic E-state index is 0.242. The van der Waals surface area contributed by atoms with E-state index in [4.69, 9.17) is 5.73 Å². The lowest BCUT2D eigenvalue weighted by Crippen LogP contribution is -2.38. The van der Waals surface area contributed by atoms with E-state index in [1.54, 1.807) is 12.1 Å². The highest BCUT2D eigenvalue weighted by molar-refractivity contribution is 5.89. The summed E-state index contributed by atoms with van der Waals surface area (Å²) in [7, 11) is 1.29. The van der Waals surface area contributed by atoms with Gasteiger partial charge in [-0.05, 0) is 30.5 Å². The van der Waals surface area contributed by atoms with Crippen molar-refractivity contribution in [2.45, 2.75) is 37.5 Å². The van der Waals surface area contributed by atoms with Crippen LogP contribution in [0.25, 0.3) is 0 Å². The van der Waals surface area contributed by atoms with E-state index in [2.05, 4.69) is 4.74 Å². The molecule has 0 spiro atoms. The summed E-state index contributed by atoms with van der Waals surface area (Å²) in [6.07, 6.45) is 5.17. The second-order valence-electron chi connectivity index (χ2n) is 5.23. The summed E-state index contributed by atoms with van der Waals surface area (Å²) in [5.41, 5.74) is 6.52. The zero-order valence-electron chi connectivity index (χ0n) is 11.2. The monoisotopic (exact) mass is 265 g/mol. The first-order valence-corrected chi connectivity index (χ1v) is 6.71. The fraction of sp³-hybridized carbons (Fsp3) is 0.533. The van der Waals surface area contributed by atoms with E-state index in [1.807, 2.05) is 0 Å². The lowest BCUT2D eigenvalue weighted by Gasteiger charge is -2.37. The van der Waals surface area contributed by atoms with E-state index in [0.29, 0.717) is 12.1 Å². The van der Waals surface area contributed by atoms with Crippen LogP contribution in [-0.4, -0.2) is 19.6 Å². The highest BCUT2D eigenvalue weighted by Gasteiger charge is 2.34. The van der Waals surface area contributed by atoms with Gasteiger partial charge in [0.15, 0.2) is 0 Å². The first kappa shape index (κ1) is 14.0. The minimum atomic E-state index is -0.518. The molecule has 2 rings (SSSR count). The van der Waals surface area contributed by atoms with E-state index >= 15 is 0 Å². The van der Waals surface area contributed by atoms with Crippen LogP contribution < -0.4 is 5.73 Å². The van der Waals surface area contributed by atoms with Gasteiger partial charge in [-0.1, -0.05) is 25.3 Å². The van der Waals surface area contributed by atoms with Crippen molar-refractivity contribution < 1.29 is 13.9 Å². The van der Waals surface area contributed by atoms with Gasteiger partial charge in [0.2, 0.25) is 0 Å². The van der Waals surface area contributed by atoms with Gasteiger partial charge in [0.05, 0.1) is 12.7 Å². The fourth-order valence-corrected chi connectivity index (χ4v) is 3.00. The van der Waals surface area contributed by atoms with E-state index in [9.17, 15) is 9.18 Å². The summed E-state index contributed by atoms with van der Waals surface area (Å²) in [5, 5.41) is 0. The van der Waals surface area contributed by atoms with E-state index in [0.717, 1.165) is 25.7 Å². The number of methoxy groups -OCH3 is 1. The van der Waals surface area contributed by atoms with Crippen molar-refractivity contribution in [1.82, 2.24) is 0 Å². The molecule has 1 aliphatic carbocycles. The summed E-state index contributed by atoms with van der Waals surface area (Å²) in [5.74, 6) is -0.869. The Balaban J connectivity index is 2.36. The number of rotatable bonds is 3. The van der Waals surface area contributed by atoms with Crippen LogP contribution in [0, 0.1) is 5.82 Å². The van der Waals surface area contributed by atoms with Crippen LogP contribution in [-0.2, 0) is 10.2 Å². The van der Waals surface area contributed by atoms with Crippen LogP contribution in [0.5, 0.6) is 0 Å². The Kier molecular flexibility index (Phi) is 4.20. The smallest absolute Gasteiger partial charge is 0.337 e. The number of carbonyl (C=O) groups excluding carboxylic acids is 1. The summed E-state index contributed by atoms with van der Waals surface area (Å²) in [6, 6.07) is 4.57. The van der Waals surface area contributed by atoms with Gasteiger partial charge in [0.25, 0.3) is 0 Å². The van der Waals surface area contributed by atoms with Gasteiger partial charge < -0.3 is 10.5 Å². The zero-order valence-corrected chi connectivity index (χ0v) is 11.2. The minimum Gasteiger partial charge on any atom is -0.465 e. The Hall–Kier alpha value is -1.42. The van der Waals surface area contributed by atoms with Crippen molar-refractivity contribution >= 4 is 5.97 Å². The van der Waals surface area contributed by atoms with Crippen LogP contribution in [0.1, 0.15) is 48.0 Å². The number of carbonyl (C=O) groups is 1. The zero-order chi connectivity index (χ0) is 13.9. The van der Waals surface area contributed by atoms with Crippen molar-refractivity contribution in [1.29, 1.82) is 0 Å². The molecule has 4 heteroatoms. The number of benzene rings is 1. The molecule has 0 bridgehead atoms. The number of ether oxygens (including phenoxy) is 1. The third-order valence-electron chi connectivity index (χ3n) is 4.16. The molecule has 2 N–H and O–H groups in total. The molecule has 0 radical (unpaired) electrons. The van der Waals surface area contributed by atoms with E-state index < -0.39 is 5.97 Å². The lowest BCUT2D eigenvalue weighted by molar-refractivity contribution is 0.0600. The SMILES string of the molecule is COC(=O)c1ccc(C2(CN)CCCCC2)c(F)c1. The van der Waals surface area contributed by atoms with E-state index in [1.165, 1.54) is 19.6 Å². The Morgan fingerprint density at radius 2 is 2.05 bits per heavy atom. The number of esters is 1. The van der Waals surface area contributed by atoms with Gasteiger partial charge in [-0.2, -0.15) is 0 Å². The molecule has 104 valence electrons. The molecule has 19 heavy (non-hydrogen) atoms. The predicted octanol–water partition coefficient (Wildman–Crippen LogP) is 2.77. The normalized spacial score (nSPS) is 18.1. The van der Waals surface area contributed by atoms with Crippen LogP contribution in [0.4, 0.5) is 4.39 Å². The van der Waals surface area contributed by atoms with E-state index in [-0.39, 0.29) is 16.8 Å². The van der Waals surface area contributed by atoms with Gasteiger partial charge in [0, 0.05) is 12.0 Å². The van der Waals surface area contributed by atoms with Crippen LogP contribution in [0.15, 0.2) is 18.2 Å². The molecule has 0 unspecified atom stereocenters. The lowest BCUT2D eigenvalue weighted by atomic mass is 9.69. The molecule has 1 saturated carbocycles. The van der Waals surface area contributed by atoms with Crippen LogP contribution in [0.2, 0.25) is 0 Å². The van der Waals surface area contributed by atoms with Gasteiger partial charge in [0.1, 0.15) is 5.82 Å². The molecule has 0 aromatic heterocycles. The molecule has 1 aliphatic rings. The van der Waals surface area contributed by atoms with Crippen molar-refractivity contribution in [3.8, 4) is 0 Å². The van der Waals surface area contributed by atoms with Gasteiger partial charge in [-0.25, -0.2) is 9.18 Å². The van der Waals surface area contributed by atoms with Crippen LogP contribution in [0.3, 0.4) is 0 Å². The molecule has 0 aliphatic heterocycles. The number of nitrogens with two attached hydrogens (primary N) is 1. The van der Waals surface area contributed by atoms with Crippen molar-refractivity contribution in [2.75, 3.05) is 13.7 Å². The standard InChI is InChI=1S/C15H20FNO2/c1-19-14(18)11-5-6-12(13(16)9-11)15(10-17)7-3-2-4-8-15/h5-6,9H,2-4,7-8,10,17H2,1H3. The number of hydrogen-bond acceptors (Lipinski definition) is 3. The summed E-state index contributed by atoms with van der Waals surface area (Å²) in [4.78, 5) is 11.4. The Bertz CT molecular complexity index is 467. The second kappa shape index (κ2) is 5.70. The van der Waals surface area contributed by atoms with Gasteiger partial charge in [-0.15, -0.1) is 0 Å².